The zero-order valence-corrected chi connectivity index (χ0v) is 22.6. The molecule has 11 heteroatoms. The van der Waals surface area contributed by atoms with Crippen LogP contribution in [0.2, 0.25) is 0 Å². The van der Waals surface area contributed by atoms with E-state index < -0.39 is 23.1 Å². The molecule has 3 heterocycles. The van der Waals surface area contributed by atoms with Crippen molar-refractivity contribution in [3.8, 4) is 5.75 Å². The maximum Gasteiger partial charge on any atom is 0.416 e. The summed E-state index contributed by atoms with van der Waals surface area (Å²) in [5.41, 5.74) is 1.08. The highest BCUT2D eigenvalue weighted by Gasteiger charge is 2.33. The molecular formula is C30H29F3N4O4. The lowest BCUT2D eigenvalue weighted by molar-refractivity contribution is -0.138. The fourth-order valence-electron chi connectivity index (χ4n) is 4.90. The van der Waals surface area contributed by atoms with Crippen LogP contribution in [0.25, 0.3) is 11.0 Å². The molecule has 214 valence electrons. The van der Waals surface area contributed by atoms with Gasteiger partial charge in [-0.15, -0.1) is 0 Å². The van der Waals surface area contributed by atoms with E-state index in [2.05, 4.69) is 15.2 Å². The van der Waals surface area contributed by atoms with E-state index >= 15 is 0 Å². The molecule has 8 nitrogen and oxygen atoms in total. The summed E-state index contributed by atoms with van der Waals surface area (Å²) >= 11 is 0. The number of morpholine rings is 1. The second kappa shape index (κ2) is 11.6. The molecule has 1 fully saturated rings. The van der Waals surface area contributed by atoms with Gasteiger partial charge < -0.3 is 24.3 Å². The number of methoxy groups -OCH3 is 1. The lowest BCUT2D eigenvalue weighted by Gasteiger charge is -2.29. The SMILES string of the molecule is COc1ccc(CNC(=O)c2cn(Cc3cccc(C(F)(F)F)c3C)c3cc(N4CCOCC4)cnc3c2=O)cc1. The molecule has 0 unspecified atom stereocenters. The van der Waals surface area contributed by atoms with Crippen LogP contribution in [-0.4, -0.2) is 48.9 Å². The summed E-state index contributed by atoms with van der Waals surface area (Å²) in [6.07, 6.45) is -1.53. The van der Waals surface area contributed by atoms with Crippen LogP contribution in [0.3, 0.4) is 0 Å². The van der Waals surface area contributed by atoms with Gasteiger partial charge >= 0.3 is 6.18 Å². The highest BCUT2D eigenvalue weighted by atomic mass is 19.4. The van der Waals surface area contributed by atoms with Gasteiger partial charge in [0.25, 0.3) is 5.91 Å². The Labute approximate surface area is 234 Å². The summed E-state index contributed by atoms with van der Waals surface area (Å²) in [5, 5.41) is 2.76. The van der Waals surface area contributed by atoms with Crippen molar-refractivity contribution in [3.63, 3.8) is 0 Å². The molecule has 0 atom stereocenters. The zero-order chi connectivity index (χ0) is 29.1. The van der Waals surface area contributed by atoms with Crippen LogP contribution in [0, 0.1) is 6.92 Å². The highest BCUT2D eigenvalue weighted by molar-refractivity contribution is 5.97. The topological polar surface area (TPSA) is 85.7 Å². The molecule has 5 rings (SSSR count). The number of pyridine rings is 2. The third-order valence-corrected chi connectivity index (χ3v) is 7.23. The molecule has 0 aliphatic carbocycles. The van der Waals surface area contributed by atoms with E-state index in [0.717, 1.165) is 17.3 Å². The van der Waals surface area contributed by atoms with E-state index in [-0.39, 0.29) is 29.7 Å². The fraction of sp³-hybridized carbons (Fsp3) is 0.300. The maximum atomic E-state index is 13.6. The minimum Gasteiger partial charge on any atom is -0.497 e. The number of carbonyl (C=O) groups excluding carboxylic acids is 1. The summed E-state index contributed by atoms with van der Waals surface area (Å²) < 4.78 is 53.1. The molecule has 1 saturated heterocycles. The summed E-state index contributed by atoms with van der Waals surface area (Å²) in [4.78, 5) is 33.2. The summed E-state index contributed by atoms with van der Waals surface area (Å²) in [7, 11) is 1.56. The van der Waals surface area contributed by atoms with Crippen LogP contribution >= 0.6 is 0 Å². The second-order valence-corrected chi connectivity index (χ2v) is 9.78. The van der Waals surface area contributed by atoms with Crippen LogP contribution in [0.5, 0.6) is 5.75 Å². The van der Waals surface area contributed by atoms with Gasteiger partial charge in [0.15, 0.2) is 0 Å². The first-order chi connectivity index (χ1) is 19.7. The van der Waals surface area contributed by atoms with Crippen molar-refractivity contribution in [2.45, 2.75) is 26.2 Å². The molecule has 2 aromatic heterocycles. The van der Waals surface area contributed by atoms with E-state index in [1.165, 1.54) is 19.2 Å². The number of fused-ring (bicyclic) bond motifs is 1. The first-order valence-corrected chi connectivity index (χ1v) is 13.1. The predicted molar refractivity (Wildman–Crippen MR) is 148 cm³/mol. The predicted octanol–water partition coefficient (Wildman–Crippen LogP) is 4.55. The Morgan fingerprint density at radius 2 is 1.85 bits per heavy atom. The number of rotatable bonds is 7. The number of halogens is 3. The van der Waals surface area contributed by atoms with Crippen molar-refractivity contribution in [2.24, 2.45) is 0 Å². The Bertz CT molecular complexity index is 1630. The Morgan fingerprint density at radius 1 is 1.12 bits per heavy atom. The molecule has 1 amide bonds. The summed E-state index contributed by atoms with van der Waals surface area (Å²) in [6.45, 7) is 3.94. The van der Waals surface area contributed by atoms with E-state index in [4.69, 9.17) is 9.47 Å². The molecule has 0 saturated carbocycles. The van der Waals surface area contributed by atoms with Crippen molar-refractivity contribution in [2.75, 3.05) is 38.3 Å². The molecule has 2 aromatic carbocycles. The third-order valence-electron chi connectivity index (χ3n) is 7.23. The quantitative estimate of drug-likeness (QED) is 0.354. The third kappa shape index (κ3) is 6.04. The largest absolute Gasteiger partial charge is 0.497 e. The minimum atomic E-state index is -4.51. The van der Waals surface area contributed by atoms with Crippen LogP contribution in [0.4, 0.5) is 18.9 Å². The number of ether oxygens (including phenoxy) is 2. The monoisotopic (exact) mass is 566 g/mol. The van der Waals surface area contributed by atoms with Gasteiger partial charge in [-0.2, -0.15) is 13.2 Å². The number of anilines is 1. The average molecular weight is 567 g/mol. The Hall–Kier alpha value is -4.38. The van der Waals surface area contributed by atoms with Gasteiger partial charge in [0.05, 0.1) is 43.3 Å². The molecule has 0 radical (unpaired) electrons. The first-order valence-electron chi connectivity index (χ1n) is 13.1. The normalized spacial score (nSPS) is 13.8. The molecule has 1 N–H and O–H groups in total. The molecule has 1 aliphatic rings. The number of amides is 1. The number of nitrogens with zero attached hydrogens (tertiary/aromatic N) is 3. The lowest BCUT2D eigenvalue weighted by Crippen LogP contribution is -2.36. The highest BCUT2D eigenvalue weighted by Crippen LogP contribution is 2.33. The van der Waals surface area contributed by atoms with Crippen LogP contribution in [0.15, 0.2) is 65.7 Å². The van der Waals surface area contributed by atoms with Crippen LogP contribution in [0.1, 0.15) is 32.6 Å². The lowest BCUT2D eigenvalue weighted by atomic mass is 10.0. The number of alkyl halides is 3. The Morgan fingerprint density at radius 3 is 2.54 bits per heavy atom. The Balaban J connectivity index is 1.55. The van der Waals surface area contributed by atoms with Crippen molar-refractivity contribution >= 4 is 22.6 Å². The number of nitrogens with one attached hydrogen (secondary N) is 1. The summed E-state index contributed by atoms with van der Waals surface area (Å²) in [6, 6.07) is 12.9. The maximum absolute atomic E-state index is 13.6. The number of hydrogen-bond donors (Lipinski definition) is 1. The Kier molecular flexibility index (Phi) is 7.98. The van der Waals surface area contributed by atoms with Gasteiger partial charge in [-0.05, 0) is 47.9 Å². The fourth-order valence-corrected chi connectivity index (χ4v) is 4.90. The second-order valence-electron chi connectivity index (χ2n) is 9.78. The molecule has 4 aromatic rings. The number of aromatic nitrogens is 2. The number of hydrogen-bond acceptors (Lipinski definition) is 6. The smallest absolute Gasteiger partial charge is 0.416 e. The minimum absolute atomic E-state index is 0.000459. The van der Waals surface area contributed by atoms with Gasteiger partial charge in [0, 0.05) is 32.4 Å². The van der Waals surface area contributed by atoms with Crippen molar-refractivity contribution in [1.82, 2.24) is 14.9 Å². The average Bonchev–Trinajstić information content (AvgIpc) is 2.98. The zero-order valence-electron chi connectivity index (χ0n) is 22.6. The molecule has 0 bridgehead atoms. The molecule has 0 spiro atoms. The van der Waals surface area contributed by atoms with Gasteiger partial charge in [-0.25, -0.2) is 4.98 Å². The van der Waals surface area contributed by atoms with E-state index in [1.54, 1.807) is 54.3 Å². The summed E-state index contributed by atoms with van der Waals surface area (Å²) in [5.74, 6) is 0.0613. The van der Waals surface area contributed by atoms with E-state index in [0.29, 0.717) is 43.1 Å². The molecular weight excluding hydrogens is 537 g/mol. The number of carbonyl (C=O) groups is 1. The van der Waals surface area contributed by atoms with Gasteiger partial charge in [0.1, 0.15) is 16.8 Å². The van der Waals surface area contributed by atoms with Crippen molar-refractivity contribution < 1.29 is 27.4 Å². The van der Waals surface area contributed by atoms with Crippen molar-refractivity contribution in [1.29, 1.82) is 0 Å². The standard InChI is InChI=1S/C30H29F3N4O4/c1-19-21(4-3-5-25(19)30(31,32)33)17-37-18-24(29(39)35-15-20-6-8-23(40-2)9-7-20)28(38)27-26(37)14-22(16-34-27)36-10-12-41-13-11-36/h3-9,14,16,18H,10-13,15,17H2,1-2H3,(H,35,39). The number of benzene rings is 2. The van der Waals surface area contributed by atoms with Gasteiger partial charge in [0.2, 0.25) is 5.43 Å². The van der Waals surface area contributed by atoms with Gasteiger partial charge in [-0.1, -0.05) is 24.3 Å². The van der Waals surface area contributed by atoms with Crippen molar-refractivity contribution in [3.05, 3.63) is 99.0 Å². The van der Waals surface area contributed by atoms with Crippen LogP contribution in [-0.2, 0) is 24.0 Å². The molecule has 41 heavy (non-hydrogen) atoms. The first kappa shape index (κ1) is 28.2. The van der Waals surface area contributed by atoms with Crippen LogP contribution < -0.4 is 20.4 Å². The van der Waals surface area contributed by atoms with Gasteiger partial charge in [-0.3, -0.25) is 9.59 Å². The molecule has 1 aliphatic heterocycles. The van der Waals surface area contributed by atoms with E-state index in [9.17, 15) is 22.8 Å². The van der Waals surface area contributed by atoms with E-state index in [1.807, 2.05) is 0 Å².